The molecule has 3 aromatic rings. The minimum Gasteiger partial charge on any atom is -0.479 e. The van der Waals surface area contributed by atoms with E-state index in [2.05, 4.69) is 15.5 Å². The Morgan fingerprint density at radius 1 is 1.26 bits per heavy atom. The highest BCUT2D eigenvalue weighted by Gasteiger charge is 2.20. The number of nitrogens with one attached hydrogen (secondary N) is 1. The van der Waals surface area contributed by atoms with Gasteiger partial charge in [0.25, 0.3) is 5.91 Å². The van der Waals surface area contributed by atoms with E-state index < -0.39 is 6.10 Å². The number of rotatable bonds is 7. The van der Waals surface area contributed by atoms with Gasteiger partial charge < -0.3 is 14.6 Å². The summed E-state index contributed by atoms with van der Waals surface area (Å²) < 4.78 is 10.9. The van der Waals surface area contributed by atoms with Crippen LogP contribution in [-0.2, 0) is 11.3 Å². The number of carbonyl (C=O) groups excluding carboxylic acids is 1. The van der Waals surface area contributed by atoms with Gasteiger partial charge in [0.15, 0.2) is 6.10 Å². The van der Waals surface area contributed by atoms with E-state index in [0.717, 1.165) is 11.1 Å². The number of aryl methyl sites for hydroxylation is 1. The number of aromatic nitrogens is 2. The molecule has 0 saturated heterocycles. The molecule has 0 unspecified atom stereocenters. The molecule has 0 aliphatic heterocycles. The van der Waals surface area contributed by atoms with Gasteiger partial charge in [-0.25, -0.2) is 0 Å². The van der Waals surface area contributed by atoms with Crippen molar-refractivity contribution in [1.29, 1.82) is 0 Å². The van der Waals surface area contributed by atoms with Crippen molar-refractivity contribution in [3.8, 4) is 17.1 Å². The van der Waals surface area contributed by atoms with E-state index in [4.69, 9.17) is 20.9 Å². The lowest BCUT2D eigenvalue weighted by Gasteiger charge is -2.17. The maximum atomic E-state index is 12.4. The van der Waals surface area contributed by atoms with E-state index >= 15 is 0 Å². The smallest absolute Gasteiger partial charge is 0.261 e. The molecular formula is C20H20ClN3O3. The number of hydrogen-bond donors (Lipinski definition) is 1. The number of benzene rings is 2. The molecule has 3 rings (SSSR count). The predicted octanol–water partition coefficient (Wildman–Crippen LogP) is 4.17. The van der Waals surface area contributed by atoms with Gasteiger partial charge in [0.1, 0.15) is 5.75 Å². The van der Waals surface area contributed by atoms with E-state index in [-0.39, 0.29) is 12.5 Å². The molecule has 7 heteroatoms. The Bertz CT molecular complexity index is 926. The molecule has 1 amide bonds. The number of halogens is 1. The Hall–Kier alpha value is -2.86. The minimum atomic E-state index is -0.663. The summed E-state index contributed by atoms with van der Waals surface area (Å²) >= 11 is 6.09. The average molecular weight is 386 g/mol. The predicted molar refractivity (Wildman–Crippen MR) is 102 cm³/mol. The van der Waals surface area contributed by atoms with Crippen molar-refractivity contribution < 1.29 is 14.1 Å². The van der Waals surface area contributed by atoms with Crippen LogP contribution in [0.1, 0.15) is 24.8 Å². The molecule has 6 nitrogen and oxygen atoms in total. The summed E-state index contributed by atoms with van der Waals surface area (Å²) in [7, 11) is 0. The van der Waals surface area contributed by atoms with Crippen LogP contribution in [0.4, 0.5) is 0 Å². The van der Waals surface area contributed by atoms with Crippen LogP contribution in [0.2, 0.25) is 5.02 Å². The van der Waals surface area contributed by atoms with Crippen LogP contribution >= 0.6 is 11.6 Å². The van der Waals surface area contributed by atoms with Crippen molar-refractivity contribution >= 4 is 17.5 Å². The Balaban J connectivity index is 1.60. The first-order chi connectivity index (χ1) is 13.1. The van der Waals surface area contributed by atoms with Gasteiger partial charge in [-0.05, 0) is 31.5 Å². The van der Waals surface area contributed by atoms with Crippen LogP contribution in [0.15, 0.2) is 53.1 Å². The molecule has 27 heavy (non-hydrogen) atoms. The van der Waals surface area contributed by atoms with E-state index in [1.807, 2.05) is 38.1 Å². The molecule has 0 spiro atoms. The summed E-state index contributed by atoms with van der Waals surface area (Å²) in [5.41, 5.74) is 1.97. The zero-order valence-electron chi connectivity index (χ0n) is 15.1. The maximum absolute atomic E-state index is 12.4. The Morgan fingerprint density at radius 2 is 2.07 bits per heavy atom. The fourth-order valence-corrected chi connectivity index (χ4v) is 2.70. The van der Waals surface area contributed by atoms with Gasteiger partial charge in [-0.1, -0.05) is 59.6 Å². The van der Waals surface area contributed by atoms with E-state index in [9.17, 15) is 4.79 Å². The Morgan fingerprint density at radius 3 is 2.81 bits per heavy atom. The van der Waals surface area contributed by atoms with Gasteiger partial charge in [0, 0.05) is 5.56 Å². The molecule has 0 bridgehead atoms. The molecular weight excluding hydrogens is 366 g/mol. The highest BCUT2D eigenvalue weighted by atomic mass is 35.5. The van der Waals surface area contributed by atoms with Gasteiger partial charge >= 0.3 is 0 Å². The van der Waals surface area contributed by atoms with Crippen molar-refractivity contribution in [3.05, 3.63) is 65.0 Å². The van der Waals surface area contributed by atoms with Crippen molar-refractivity contribution in [2.45, 2.75) is 32.9 Å². The SMILES string of the molecule is CC[C@H](Oc1ccccc1Cl)C(=O)NCc1nc(-c2cccc(C)c2)no1. The van der Waals surface area contributed by atoms with Gasteiger partial charge in [-0.15, -0.1) is 0 Å². The molecule has 0 saturated carbocycles. The molecule has 140 valence electrons. The largest absolute Gasteiger partial charge is 0.479 e. The lowest BCUT2D eigenvalue weighted by molar-refractivity contribution is -0.128. The van der Waals surface area contributed by atoms with Gasteiger partial charge in [0.05, 0.1) is 11.6 Å². The summed E-state index contributed by atoms with van der Waals surface area (Å²) in [4.78, 5) is 16.7. The molecule has 0 fully saturated rings. The Kier molecular flexibility index (Phi) is 6.08. The normalized spacial score (nSPS) is 11.8. The lowest BCUT2D eigenvalue weighted by atomic mass is 10.1. The number of amides is 1. The van der Waals surface area contributed by atoms with Crippen LogP contribution < -0.4 is 10.1 Å². The number of nitrogens with zero attached hydrogens (tertiary/aromatic N) is 2. The number of para-hydroxylation sites is 1. The quantitative estimate of drug-likeness (QED) is 0.660. The number of hydrogen-bond acceptors (Lipinski definition) is 5. The minimum absolute atomic E-state index is 0.125. The fraction of sp³-hybridized carbons (Fsp3) is 0.250. The molecule has 1 atom stereocenters. The second kappa shape index (κ2) is 8.68. The third kappa shape index (κ3) is 4.86. The van der Waals surface area contributed by atoms with Crippen LogP contribution in [0.25, 0.3) is 11.4 Å². The zero-order chi connectivity index (χ0) is 19.2. The van der Waals surface area contributed by atoms with Crippen LogP contribution in [0.5, 0.6) is 5.75 Å². The molecule has 0 aliphatic carbocycles. The monoisotopic (exact) mass is 385 g/mol. The molecule has 0 aliphatic rings. The number of carbonyl (C=O) groups is 1. The summed E-state index contributed by atoms with van der Waals surface area (Å²) in [5, 5.41) is 7.19. The van der Waals surface area contributed by atoms with E-state index in [0.29, 0.717) is 28.9 Å². The highest BCUT2D eigenvalue weighted by molar-refractivity contribution is 6.32. The highest BCUT2D eigenvalue weighted by Crippen LogP contribution is 2.25. The molecule has 1 aromatic heterocycles. The van der Waals surface area contributed by atoms with E-state index in [1.165, 1.54) is 0 Å². The maximum Gasteiger partial charge on any atom is 0.261 e. The molecule has 1 N–H and O–H groups in total. The van der Waals surface area contributed by atoms with Crippen LogP contribution in [0, 0.1) is 6.92 Å². The lowest BCUT2D eigenvalue weighted by Crippen LogP contribution is -2.37. The van der Waals surface area contributed by atoms with E-state index in [1.54, 1.807) is 24.3 Å². The first-order valence-electron chi connectivity index (χ1n) is 8.65. The fourth-order valence-electron chi connectivity index (χ4n) is 2.52. The molecule has 0 radical (unpaired) electrons. The Labute approximate surface area is 162 Å². The first-order valence-corrected chi connectivity index (χ1v) is 9.03. The second-order valence-electron chi connectivity index (χ2n) is 6.04. The third-order valence-corrected chi connectivity index (χ3v) is 4.24. The van der Waals surface area contributed by atoms with Crippen LogP contribution in [-0.4, -0.2) is 22.2 Å². The molecule has 2 aromatic carbocycles. The summed E-state index contributed by atoms with van der Waals surface area (Å²) in [6.07, 6.45) is -0.167. The second-order valence-corrected chi connectivity index (χ2v) is 6.45. The van der Waals surface area contributed by atoms with Crippen molar-refractivity contribution in [2.24, 2.45) is 0 Å². The molecule has 1 heterocycles. The van der Waals surface area contributed by atoms with Gasteiger partial charge in [-0.2, -0.15) is 4.98 Å². The van der Waals surface area contributed by atoms with Gasteiger partial charge in [0.2, 0.25) is 11.7 Å². The topological polar surface area (TPSA) is 77.2 Å². The standard InChI is InChI=1S/C20H20ClN3O3/c1-3-16(26-17-10-5-4-9-15(17)21)20(25)22-12-18-23-19(24-27-18)14-8-6-7-13(2)11-14/h4-11,16H,3,12H2,1-2H3,(H,22,25)/t16-/m0/s1. The summed E-state index contributed by atoms with van der Waals surface area (Å²) in [6, 6.07) is 14.9. The number of ether oxygens (including phenoxy) is 1. The van der Waals surface area contributed by atoms with Crippen LogP contribution in [0.3, 0.4) is 0 Å². The summed E-state index contributed by atoms with van der Waals surface area (Å²) in [5.74, 6) is 1.02. The first kappa shape index (κ1) is 18.9. The average Bonchev–Trinajstić information content (AvgIpc) is 3.14. The van der Waals surface area contributed by atoms with Crippen molar-refractivity contribution in [3.63, 3.8) is 0 Å². The summed E-state index contributed by atoms with van der Waals surface area (Å²) in [6.45, 7) is 3.98. The third-order valence-electron chi connectivity index (χ3n) is 3.93. The van der Waals surface area contributed by atoms with Gasteiger partial charge in [-0.3, -0.25) is 4.79 Å². The van der Waals surface area contributed by atoms with Crippen molar-refractivity contribution in [2.75, 3.05) is 0 Å². The zero-order valence-corrected chi connectivity index (χ0v) is 15.9. The van der Waals surface area contributed by atoms with Crippen molar-refractivity contribution in [1.82, 2.24) is 15.5 Å².